The van der Waals surface area contributed by atoms with Gasteiger partial charge in [0.15, 0.2) is 5.69 Å². The van der Waals surface area contributed by atoms with Crippen molar-refractivity contribution in [2.24, 2.45) is 0 Å². The summed E-state index contributed by atoms with van der Waals surface area (Å²) < 4.78 is 14.9. The fourth-order valence-corrected chi connectivity index (χ4v) is 3.55. The van der Waals surface area contributed by atoms with E-state index in [1.165, 1.54) is 12.1 Å². The van der Waals surface area contributed by atoms with E-state index in [1.807, 2.05) is 30.3 Å². The number of rotatable bonds is 6. The average molecular weight is 379 g/mol. The predicted molar refractivity (Wildman–Crippen MR) is 104 cm³/mol. The van der Waals surface area contributed by atoms with Crippen molar-refractivity contribution < 1.29 is 9.18 Å². The summed E-state index contributed by atoms with van der Waals surface area (Å²) >= 11 is 0. The van der Waals surface area contributed by atoms with Crippen LogP contribution in [-0.4, -0.2) is 45.4 Å². The van der Waals surface area contributed by atoms with Crippen molar-refractivity contribution in [1.82, 2.24) is 25.2 Å². The van der Waals surface area contributed by atoms with Crippen LogP contribution >= 0.6 is 0 Å². The number of carbonyl (C=O) groups is 1. The Morgan fingerprint density at radius 3 is 2.50 bits per heavy atom. The van der Waals surface area contributed by atoms with Gasteiger partial charge in [0.25, 0.3) is 5.91 Å². The third-order valence-corrected chi connectivity index (χ3v) is 5.04. The summed E-state index contributed by atoms with van der Waals surface area (Å²) in [5, 5.41) is 11.0. The van der Waals surface area contributed by atoms with Gasteiger partial charge in [-0.25, -0.2) is 9.07 Å². The summed E-state index contributed by atoms with van der Waals surface area (Å²) in [6.45, 7) is 2.38. The zero-order valence-corrected chi connectivity index (χ0v) is 15.5. The van der Waals surface area contributed by atoms with E-state index in [0.29, 0.717) is 6.54 Å². The molecule has 1 atom stereocenters. The summed E-state index contributed by atoms with van der Waals surface area (Å²) in [6, 6.07) is 16.0. The number of hydrogen-bond donors (Lipinski definition) is 1. The SMILES string of the molecule is O=C(NCC(c1ccc(F)cc1)N1CCCC1)c1cn(-c2ccccc2)nn1. The molecule has 0 saturated carbocycles. The van der Waals surface area contributed by atoms with Crippen molar-refractivity contribution in [2.75, 3.05) is 19.6 Å². The average Bonchev–Trinajstić information content (AvgIpc) is 3.42. The van der Waals surface area contributed by atoms with E-state index in [9.17, 15) is 9.18 Å². The van der Waals surface area contributed by atoms with E-state index in [-0.39, 0.29) is 23.5 Å². The van der Waals surface area contributed by atoms with E-state index in [2.05, 4.69) is 20.5 Å². The lowest BCUT2D eigenvalue weighted by atomic mass is 10.1. The van der Waals surface area contributed by atoms with Gasteiger partial charge in [-0.2, -0.15) is 0 Å². The van der Waals surface area contributed by atoms with E-state index in [0.717, 1.165) is 37.2 Å². The summed E-state index contributed by atoms with van der Waals surface area (Å²) in [5.74, 6) is -0.529. The van der Waals surface area contributed by atoms with Crippen molar-refractivity contribution >= 4 is 5.91 Å². The lowest BCUT2D eigenvalue weighted by molar-refractivity contribution is 0.0933. The van der Waals surface area contributed by atoms with Gasteiger partial charge in [0.2, 0.25) is 0 Å². The lowest BCUT2D eigenvalue weighted by Gasteiger charge is -2.28. The second-order valence-corrected chi connectivity index (χ2v) is 6.90. The zero-order valence-electron chi connectivity index (χ0n) is 15.5. The molecule has 6 nitrogen and oxygen atoms in total. The van der Waals surface area contributed by atoms with Crippen molar-refractivity contribution in [1.29, 1.82) is 0 Å². The van der Waals surface area contributed by atoms with Crippen LogP contribution in [-0.2, 0) is 0 Å². The van der Waals surface area contributed by atoms with Crippen LogP contribution in [0.1, 0.15) is 34.9 Å². The summed E-state index contributed by atoms with van der Waals surface area (Å²) in [5.41, 5.74) is 2.11. The highest BCUT2D eigenvalue weighted by atomic mass is 19.1. The maximum absolute atomic E-state index is 13.3. The number of aromatic nitrogens is 3. The monoisotopic (exact) mass is 379 g/mol. The van der Waals surface area contributed by atoms with Crippen LogP contribution in [0.3, 0.4) is 0 Å². The molecule has 28 heavy (non-hydrogen) atoms. The Hall–Kier alpha value is -3.06. The van der Waals surface area contributed by atoms with E-state index in [1.54, 1.807) is 23.0 Å². The van der Waals surface area contributed by atoms with Crippen LogP contribution in [0.25, 0.3) is 5.69 Å². The van der Waals surface area contributed by atoms with Crippen molar-refractivity contribution in [2.45, 2.75) is 18.9 Å². The van der Waals surface area contributed by atoms with Gasteiger partial charge >= 0.3 is 0 Å². The van der Waals surface area contributed by atoms with Gasteiger partial charge < -0.3 is 5.32 Å². The molecular formula is C21H22FN5O. The Morgan fingerprint density at radius 1 is 1.07 bits per heavy atom. The Bertz CT molecular complexity index is 919. The summed E-state index contributed by atoms with van der Waals surface area (Å²) in [7, 11) is 0. The van der Waals surface area contributed by atoms with Crippen molar-refractivity contribution in [3.8, 4) is 5.69 Å². The van der Waals surface area contributed by atoms with Crippen LogP contribution < -0.4 is 5.32 Å². The van der Waals surface area contributed by atoms with Crippen molar-refractivity contribution in [3.63, 3.8) is 0 Å². The molecule has 1 fully saturated rings. The molecule has 1 N–H and O–H groups in total. The van der Waals surface area contributed by atoms with Crippen LogP contribution in [0.5, 0.6) is 0 Å². The summed E-state index contributed by atoms with van der Waals surface area (Å²) in [4.78, 5) is 14.9. The van der Waals surface area contributed by atoms with Gasteiger partial charge in [-0.05, 0) is 55.8 Å². The van der Waals surface area contributed by atoms with Crippen molar-refractivity contribution in [3.05, 3.63) is 77.9 Å². The first-order chi connectivity index (χ1) is 13.7. The molecule has 1 aliphatic rings. The molecule has 4 rings (SSSR count). The van der Waals surface area contributed by atoms with Crippen LogP contribution in [0.15, 0.2) is 60.8 Å². The van der Waals surface area contributed by atoms with E-state index < -0.39 is 0 Å². The minimum Gasteiger partial charge on any atom is -0.349 e. The van der Waals surface area contributed by atoms with Crippen LogP contribution in [0, 0.1) is 5.82 Å². The molecule has 0 aliphatic carbocycles. The fraction of sp³-hybridized carbons (Fsp3) is 0.286. The van der Waals surface area contributed by atoms with Gasteiger partial charge in [0.05, 0.1) is 17.9 Å². The highest BCUT2D eigenvalue weighted by molar-refractivity contribution is 5.91. The first-order valence-corrected chi connectivity index (χ1v) is 9.46. The Labute approximate surface area is 163 Å². The molecule has 1 amide bonds. The Balaban J connectivity index is 1.45. The van der Waals surface area contributed by atoms with Gasteiger partial charge in [-0.15, -0.1) is 5.10 Å². The van der Waals surface area contributed by atoms with E-state index in [4.69, 9.17) is 0 Å². The number of hydrogen-bond acceptors (Lipinski definition) is 4. The minimum atomic E-state index is -0.270. The third-order valence-electron chi connectivity index (χ3n) is 5.04. The zero-order chi connectivity index (χ0) is 19.3. The largest absolute Gasteiger partial charge is 0.349 e. The number of halogens is 1. The normalized spacial score (nSPS) is 15.5. The molecule has 0 bridgehead atoms. The number of benzene rings is 2. The van der Waals surface area contributed by atoms with Gasteiger partial charge in [-0.1, -0.05) is 35.5 Å². The Kier molecular flexibility index (Phi) is 5.43. The molecule has 1 aliphatic heterocycles. The standard InChI is InChI=1S/C21H22FN5O/c22-17-10-8-16(9-11-17)20(26-12-4-5-13-26)14-23-21(28)19-15-27(25-24-19)18-6-2-1-3-7-18/h1-3,6-11,15,20H,4-5,12-14H2,(H,23,28). The molecule has 0 spiro atoms. The quantitative estimate of drug-likeness (QED) is 0.715. The molecule has 1 aromatic heterocycles. The first-order valence-electron chi connectivity index (χ1n) is 9.46. The molecule has 0 radical (unpaired) electrons. The molecular weight excluding hydrogens is 357 g/mol. The topological polar surface area (TPSA) is 63.1 Å². The number of amides is 1. The molecule has 3 aromatic rings. The predicted octanol–water partition coefficient (Wildman–Crippen LogP) is 2.97. The molecule has 1 unspecified atom stereocenters. The first kappa shape index (κ1) is 18.3. The Morgan fingerprint density at radius 2 is 1.79 bits per heavy atom. The lowest BCUT2D eigenvalue weighted by Crippen LogP contribution is -2.37. The van der Waals surface area contributed by atoms with Gasteiger partial charge in [0, 0.05) is 6.54 Å². The van der Waals surface area contributed by atoms with Gasteiger partial charge in [-0.3, -0.25) is 9.69 Å². The maximum atomic E-state index is 13.3. The molecule has 1 saturated heterocycles. The second kappa shape index (κ2) is 8.31. The number of carbonyl (C=O) groups excluding carboxylic acids is 1. The van der Waals surface area contributed by atoms with Crippen LogP contribution in [0.2, 0.25) is 0 Å². The molecule has 2 aromatic carbocycles. The summed E-state index contributed by atoms with van der Waals surface area (Å²) in [6.07, 6.45) is 3.89. The number of likely N-dealkylation sites (tertiary alicyclic amines) is 1. The van der Waals surface area contributed by atoms with Gasteiger partial charge in [0.1, 0.15) is 5.82 Å². The highest BCUT2D eigenvalue weighted by Crippen LogP contribution is 2.25. The second-order valence-electron chi connectivity index (χ2n) is 6.90. The van der Waals surface area contributed by atoms with E-state index >= 15 is 0 Å². The molecule has 144 valence electrons. The molecule has 7 heteroatoms. The highest BCUT2D eigenvalue weighted by Gasteiger charge is 2.24. The number of nitrogens with zero attached hydrogens (tertiary/aromatic N) is 4. The smallest absolute Gasteiger partial charge is 0.273 e. The minimum absolute atomic E-state index is 0.0104. The number of para-hydroxylation sites is 1. The fourth-order valence-electron chi connectivity index (χ4n) is 3.55. The maximum Gasteiger partial charge on any atom is 0.273 e. The number of nitrogens with one attached hydrogen (secondary N) is 1. The third kappa shape index (κ3) is 4.09. The molecule has 2 heterocycles. The van der Waals surface area contributed by atoms with Crippen LogP contribution in [0.4, 0.5) is 4.39 Å².